The second kappa shape index (κ2) is 23.1. The molecule has 12 heteroatoms. The number of benzene rings is 4. The standard InChI is InChI=1S/C25H26O4S2.C16H12OS2.C8H16O3/c1-17(29-23(27)11-5-3-2-4-8-14-28-16-26)18-12-13-20-22(15-18)31-24-19-9-6-7-10-21(19)30-25(20)24;1-9(17)10-6-7-12-14(8-10)19-15-11-4-2-3-5-13(11)18-16(12)15;9-7-5-3-1-2-4-6-8(10)11/h6-7,9-10,12-13,15-17H,2-5,8,11,14H2,1H3;2-9,17H,1H3;9H,1-7H2,(H,10,11). The van der Waals surface area contributed by atoms with E-state index in [4.69, 9.17) is 14.9 Å². The van der Waals surface area contributed by atoms with Crippen LogP contribution in [-0.4, -0.2) is 46.9 Å². The third-order valence-corrected chi connectivity index (χ3v) is 15.6. The lowest BCUT2D eigenvalue weighted by Crippen LogP contribution is -2.08. The Hall–Kier alpha value is -4.43. The van der Waals surface area contributed by atoms with Crippen LogP contribution in [0.1, 0.15) is 114 Å². The Labute approximate surface area is 372 Å². The van der Waals surface area contributed by atoms with E-state index in [1.807, 2.05) is 65.3 Å². The van der Waals surface area contributed by atoms with E-state index in [1.165, 1.54) is 59.1 Å². The zero-order valence-electron chi connectivity index (χ0n) is 34.7. The van der Waals surface area contributed by atoms with Crippen molar-refractivity contribution in [3.8, 4) is 0 Å². The predicted molar refractivity (Wildman–Crippen MR) is 257 cm³/mol. The van der Waals surface area contributed by atoms with Gasteiger partial charge in [-0.25, -0.2) is 0 Å². The van der Waals surface area contributed by atoms with Gasteiger partial charge >= 0.3 is 11.9 Å². The average Bonchev–Trinajstić information content (AvgIpc) is 4.01. The van der Waals surface area contributed by atoms with Gasteiger partial charge in [0.1, 0.15) is 6.10 Å². The Balaban J connectivity index is 0.000000175. The topological polar surface area (TPSA) is 130 Å². The summed E-state index contributed by atoms with van der Waals surface area (Å²) in [5.41, 5.74) is 2.03. The van der Waals surface area contributed by atoms with Gasteiger partial charge in [0.25, 0.3) is 6.47 Å². The zero-order valence-corrected chi connectivity index (χ0v) is 38.0. The maximum atomic E-state index is 12.2. The molecule has 0 amide bonds. The molecular formula is C49H54O8S4. The van der Waals surface area contributed by atoms with Crippen molar-refractivity contribution in [3.63, 3.8) is 0 Å². The van der Waals surface area contributed by atoms with Crippen LogP contribution in [0.2, 0.25) is 0 Å². The van der Waals surface area contributed by atoms with Gasteiger partial charge in [0.15, 0.2) is 0 Å². The van der Waals surface area contributed by atoms with Gasteiger partial charge < -0.3 is 24.8 Å². The Morgan fingerprint density at radius 3 is 1.59 bits per heavy atom. The number of rotatable bonds is 19. The van der Waals surface area contributed by atoms with Crippen LogP contribution in [0.4, 0.5) is 0 Å². The molecule has 2 unspecified atom stereocenters. The van der Waals surface area contributed by atoms with Crippen LogP contribution in [0.3, 0.4) is 0 Å². The Kier molecular flexibility index (Phi) is 17.5. The molecule has 0 bridgehead atoms. The Morgan fingerprint density at radius 2 is 1.05 bits per heavy atom. The van der Waals surface area contributed by atoms with Crippen LogP contribution in [0.15, 0.2) is 84.9 Å². The predicted octanol–water partition coefficient (Wildman–Crippen LogP) is 14.1. The number of carbonyl (C=O) groups excluding carboxylic acids is 2. The quantitative estimate of drug-likeness (QED) is 0.0415. The summed E-state index contributed by atoms with van der Waals surface area (Å²) in [6.45, 7) is 4.97. The molecule has 0 fully saturated rings. The molecule has 3 N–H and O–H groups in total. The highest BCUT2D eigenvalue weighted by molar-refractivity contribution is 7.37. The molecule has 61 heavy (non-hydrogen) atoms. The molecule has 322 valence electrons. The summed E-state index contributed by atoms with van der Waals surface area (Å²) in [6, 6.07) is 29.8. The zero-order chi connectivity index (χ0) is 43.1. The number of aliphatic carboxylic acids is 1. The van der Waals surface area contributed by atoms with Crippen molar-refractivity contribution in [1.29, 1.82) is 0 Å². The van der Waals surface area contributed by atoms with E-state index in [1.54, 1.807) is 0 Å². The number of hydrogen-bond donors (Lipinski definition) is 3. The molecule has 4 heterocycles. The van der Waals surface area contributed by atoms with E-state index in [9.17, 15) is 19.5 Å². The lowest BCUT2D eigenvalue weighted by Gasteiger charge is -2.14. The van der Waals surface area contributed by atoms with Crippen molar-refractivity contribution in [2.24, 2.45) is 0 Å². The van der Waals surface area contributed by atoms with Crippen LogP contribution in [0.25, 0.3) is 59.1 Å². The molecule has 0 aliphatic carbocycles. The van der Waals surface area contributed by atoms with Gasteiger partial charge in [-0.1, -0.05) is 99.2 Å². The van der Waals surface area contributed by atoms with Crippen LogP contribution < -0.4 is 0 Å². The minimum Gasteiger partial charge on any atom is -0.481 e. The molecule has 0 aliphatic heterocycles. The van der Waals surface area contributed by atoms with Gasteiger partial charge in [-0.05, 0) is 74.9 Å². The molecule has 0 saturated carbocycles. The van der Waals surface area contributed by atoms with E-state index in [0.717, 1.165) is 75.3 Å². The molecule has 8 aromatic rings. The maximum absolute atomic E-state index is 12.2. The van der Waals surface area contributed by atoms with Gasteiger partial charge in [0.05, 0.1) is 31.5 Å². The molecule has 4 aromatic heterocycles. The number of carbonyl (C=O) groups is 3. The highest BCUT2D eigenvalue weighted by atomic mass is 32.1. The highest BCUT2D eigenvalue weighted by Gasteiger charge is 2.17. The second-order valence-electron chi connectivity index (χ2n) is 15.2. The number of hydrogen-bond acceptors (Lipinski definition) is 11. The van der Waals surface area contributed by atoms with Crippen molar-refractivity contribution < 1.29 is 39.2 Å². The van der Waals surface area contributed by atoms with Crippen LogP contribution in [0.5, 0.6) is 0 Å². The van der Waals surface area contributed by atoms with Crippen LogP contribution >= 0.6 is 45.3 Å². The number of aliphatic hydroxyl groups excluding tert-OH is 2. The van der Waals surface area contributed by atoms with Crippen LogP contribution in [0, 0.1) is 0 Å². The fourth-order valence-corrected chi connectivity index (χ4v) is 12.6. The summed E-state index contributed by atoms with van der Waals surface area (Å²) in [6.07, 6.45) is 9.40. The highest BCUT2D eigenvalue weighted by Crippen LogP contribution is 2.46. The van der Waals surface area contributed by atoms with Gasteiger partial charge in [-0.2, -0.15) is 0 Å². The van der Waals surface area contributed by atoms with E-state index < -0.39 is 12.1 Å². The third-order valence-electron chi connectivity index (χ3n) is 10.5. The monoisotopic (exact) mass is 898 g/mol. The first-order valence-electron chi connectivity index (χ1n) is 21.1. The number of esters is 1. The normalized spacial score (nSPS) is 12.3. The lowest BCUT2D eigenvalue weighted by molar-refractivity contribution is -0.148. The molecule has 4 aromatic carbocycles. The van der Waals surface area contributed by atoms with Gasteiger partial charge in [-0.3, -0.25) is 14.4 Å². The molecule has 8 rings (SSSR count). The SMILES string of the molecule is CC(O)c1ccc2c(c1)sc1c3ccccc3sc21.CC(OC(=O)CCCCCCCOC=O)c1ccc2c(c1)sc1c3ccccc3sc21.O=C(O)CCCCCCCO. The number of carboxylic acids is 1. The number of fused-ring (bicyclic) bond motifs is 10. The largest absolute Gasteiger partial charge is 0.481 e. The van der Waals surface area contributed by atoms with E-state index in [-0.39, 0.29) is 25.1 Å². The van der Waals surface area contributed by atoms with Crippen molar-refractivity contribution in [2.75, 3.05) is 13.2 Å². The summed E-state index contributed by atoms with van der Waals surface area (Å²) in [5.74, 6) is -0.859. The average molecular weight is 899 g/mol. The molecule has 2 atom stereocenters. The molecule has 0 saturated heterocycles. The van der Waals surface area contributed by atoms with Crippen molar-refractivity contribution in [1.82, 2.24) is 0 Å². The summed E-state index contributed by atoms with van der Waals surface area (Å²) in [7, 11) is 0. The summed E-state index contributed by atoms with van der Waals surface area (Å²) < 4.78 is 21.0. The minimum absolute atomic E-state index is 0.143. The minimum atomic E-state index is -0.716. The Bertz CT molecular complexity index is 2670. The first-order valence-corrected chi connectivity index (χ1v) is 24.4. The smallest absolute Gasteiger partial charge is 0.306 e. The number of thiophene rings is 4. The number of unbranched alkanes of at least 4 members (excludes halogenated alkanes) is 8. The third kappa shape index (κ3) is 12.4. The van der Waals surface area contributed by atoms with E-state index in [2.05, 4.69) is 83.6 Å². The lowest BCUT2D eigenvalue weighted by atomic mass is 10.1. The Morgan fingerprint density at radius 1 is 0.590 bits per heavy atom. The summed E-state index contributed by atoms with van der Waals surface area (Å²) in [4.78, 5) is 32.4. The van der Waals surface area contributed by atoms with Gasteiger partial charge in [0, 0.05) is 59.8 Å². The molecule has 0 spiro atoms. The first-order chi connectivity index (χ1) is 29.7. The van der Waals surface area contributed by atoms with Crippen molar-refractivity contribution in [3.05, 3.63) is 96.1 Å². The second-order valence-corrected chi connectivity index (χ2v) is 19.4. The first kappa shape index (κ1) is 46.1. The molecule has 8 nitrogen and oxygen atoms in total. The fraction of sp³-hybridized carbons (Fsp3) is 0.367. The van der Waals surface area contributed by atoms with Gasteiger partial charge in [-0.15, -0.1) is 45.3 Å². The maximum Gasteiger partial charge on any atom is 0.306 e. The summed E-state index contributed by atoms with van der Waals surface area (Å²) >= 11 is 7.35. The van der Waals surface area contributed by atoms with Crippen molar-refractivity contribution in [2.45, 2.75) is 103 Å². The molecule has 0 aliphatic rings. The van der Waals surface area contributed by atoms with Crippen molar-refractivity contribution >= 4 is 123 Å². The number of ether oxygens (including phenoxy) is 2. The van der Waals surface area contributed by atoms with E-state index in [0.29, 0.717) is 19.5 Å². The molecular weight excluding hydrogens is 845 g/mol. The number of aliphatic hydroxyl groups is 2. The molecule has 0 radical (unpaired) electrons. The number of carboxylic acid groups (broad SMARTS) is 1. The fourth-order valence-electron chi connectivity index (χ4n) is 7.23. The van der Waals surface area contributed by atoms with E-state index >= 15 is 0 Å². The van der Waals surface area contributed by atoms with Crippen LogP contribution in [-0.2, 0) is 23.9 Å². The van der Waals surface area contributed by atoms with Gasteiger partial charge in [0.2, 0.25) is 0 Å². The summed E-state index contributed by atoms with van der Waals surface area (Å²) in [5, 5.41) is 31.6.